The third-order valence-corrected chi connectivity index (χ3v) is 3.07. The molecule has 0 unspecified atom stereocenters. The average Bonchev–Trinajstić information content (AvgIpc) is 2.44. The first-order chi connectivity index (χ1) is 9.96. The topological polar surface area (TPSA) is 81.2 Å². The van der Waals surface area contributed by atoms with Gasteiger partial charge in [-0.2, -0.15) is 0 Å². The smallest absolute Gasteiger partial charge is 0.237 e. The minimum atomic E-state index is -3.38. The number of ether oxygens (including phenoxy) is 1. The number of aromatic nitrogens is 2. The van der Waals surface area contributed by atoms with Crippen molar-refractivity contribution in [2.75, 3.05) is 18.1 Å². The minimum Gasteiger partial charge on any atom is -0.497 e. The Kier molecular flexibility index (Phi) is 4.54. The molecule has 1 aromatic heterocycles. The van der Waals surface area contributed by atoms with Crippen LogP contribution in [0, 0.1) is 0 Å². The molecule has 0 aliphatic rings. The van der Waals surface area contributed by atoms with Crippen LogP contribution in [0.2, 0.25) is 0 Å². The molecule has 0 radical (unpaired) electrons. The molecule has 1 aromatic carbocycles. The first-order valence-corrected chi connectivity index (χ1v) is 7.98. The van der Waals surface area contributed by atoms with E-state index in [1.165, 1.54) is 6.20 Å². The molecule has 0 saturated heterocycles. The molecule has 0 spiro atoms. The molecule has 6 nitrogen and oxygen atoms in total. The molecule has 1 heterocycles. The van der Waals surface area contributed by atoms with Gasteiger partial charge in [0.1, 0.15) is 5.75 Å². The zero-order valence-corrected chi connectivity index (χ0v) is 12.5. The van der Waals surface area contributed by atoms with Crippen molar-refractivity contribution in [3.63, 3.8) is 0 Å². The lowest BCUT2D eigenvalue weighted by Gasteiger charge is -2.02. The van der Waals surface area contributed by atoms with Crippen LogP contribution in [0.5, 0.6) is 5.75 Å². The highest BCUT2D eigenvalue weighted by Crippen LogP contribution is 2.13. The summed E-state index contributed by atoms with van der Waals surface area (Å²) in [4.78, 5) is 7.94. The van der Waals surface area contributed by atoms with Gasteiger partial charge in [-0.15, -0.1) is 0 Å². The fraction of sp³-hybridized carbons (Fsp3) is 0.143. The summed E-state index contributed by atoms with van der Waals surface area (Å²) in [6.45, 7) is 0. The molecule has 21 heavy (non-hydrogen) atoms. The average molecular weight is 305 g/mol. The Labute approximate surface area is 123 Å². The summed E-state index contributed by atoms with van der Waals surface area (Å²) >= 11 is 0. The number of methoxy groups -OCH3 is 1. The van der Waals surface area contributed by atoms with Gasteiger partial charge < -0.3 is 4.74 Å². The van der Waals surface area contributed by atoms with Crippen LogP contribution in [0.15, 0.2) is 36.5 Å². The molecule has 1 N–H and O–H groups in total. The Bertz CT molecular complexity index is 740. The summed E-state index contributed by atoms with van der Waals surface area (Å²) in [5, 5.41) is 0. The molecule has 2 rings (SSSR count). The SMILES string of the molecule is COc1ccc(/C=C/c2ccnc(NS(C)(=O)=O)n2)cc1. The van der Waals surface area contributed by atoms with E-state index in [0.717, 1.165) is 17.6 Å². The zero-order valence-electron chi connectivity index (χ0n) is 11.6. The fourth-order valence-corrected chi connectivity index (χ4v) is 2.01. The second-order valence-corrected chi connectivity index (χ2v) is 6.03. The van der Waals surface area contributed by atoms with Gasteiger partial charge in [-0.3, -0.25) is 4.72 Å². The predicted octanol–water partition coefficient (Wildman–Crippen LogP) is 2.03. The predicted molar refractivity (Wildman–Crippen MR) is 82.4 cm³/mol. The zero-order chi connectivity index (χ0) is 15.3. The van der Waals surface area contributed by atoms with E-state index in [1.54, 1.807) is 19.3 Å². The number of rotatable bonds is 5. The maximum Gasteiger partial charge on any atom is 0.237 e. The number of hydrogen-bond donors (Lipinski definition) is 1. The summed E-state index contributed by atoms with van der Waals surface area (Å²) in [5.41, 5.74) is 1.58. The van der Waals surface area contributed by atoms with Crippen LogP contribution in [-0.2, 0) is 10.0 Å². The first-order valence-electron chi connectivity index (χ1n) is 6.09. The van der Waals surface area contributed by atoms with E-state index in [-0.39, 0.29) is 5.95 Å². The van der Waals surface area contributed by atoms with Crippen LogP contribution in [0.1, 0.15) is 11.3 Å². The van der Waals surface area contributed by atoms with Crippen LogP contribution < -0.4 is 9.46 Å². The number of sulfonamides is 1. The van der Waals surface area contributed by atoms with E-state index in [9.17, 15) is 8.42 Å². The molecule has 7 heteroatoms. The van der Waals surface area contributed by atoms with Crippen LogP contribution in [0.4, 0.5) is 5.95 Å². The summed E-state index contributed by atoms with van der Waals surface area (Å²) < 4.78 is 29.6. The van der Waals surface area contributed by atoms with Gasteiger partial charge in [0.05, 0.1) is 19.1 Å². The molecular formula is C14H15N3O3S. The van der Waals surface area contributed by atoms with Gasteiger partial charge in [-0.05, 0) is 29.8 Å². The normalized spacial score (nSPS) is 11.5. The molecule has 0 aliphatic carbocycles. The summed E-state index contributed by atoms with van der Waals surface area (Å²) in [5.74, 6) is 0.836. The molecule has 110 valence electrons. The lowest BCUT2D eigenvalue weighted by molar-refractivity contribution is 0.415. The number of hydrogen-bond acceptors (Lipinski definition) is 5. The van der Waals surface area contributed by atoms with Gasteiger partial charge in [0.15, 0.2) is 0 Å². The van der Waals surface area contributed by atoms with Gasteiger partial charge in [0, 0.05) is 6.20 Å². The number of nitrogens with one attached hydrogen (secondary N) is 1. The van der Waals surface area contributed by atoms with Gasteiger partial charge in [-0.1, -0.05) is 18.2 Å². The van der Waals surface area contributed by atoms with Crippen molar-refractivity contribution < 1.29 is 13.2 Å². The lowest BCUT2D eigenvalue weighted by Crippen LogP contribution is -2.12. The van der Waals surface area contributed by atoms with Gasteiger partial charge in [0.2, 0.25) is 16.0 Å². The van der Waals surface area contributed by atoms with Gasteiger partial charge >= 0.3 is 0 Å². The van der Waals surface area contributed by atoms with Crippen molar-refractivity contribution in [1.82, 2.24) is 9.97 Å². The maximum atomic E-state index is 11.1. The van der Waals surface area contributed by atoms with E-state index in [4.69, 9.17) is 4.74 Å². The Morgan fingerprint density at radius 3 is 2.48 bits per heavy atom. The van der Waals surface area contributed by atoms with Crippen LogP contribution in [0.3, 0.4) is 0 Å². The number of benzene rings is 1. The maximum absolute atomic E-state index is 11.1. The largest absolute Gasteiger partial charge is 0.497 e. The Hall–Kier alpha value is -2.41. The highest BCUT2D eigenvalue weighted by Gasteiger charge is 2.04. The summed E-state index contributed by atoms with van der Waals surface area (Å²) in [6.07, 6.45) is 6.19. The molecule has 0 fully saturated rings. The monoisotopic (exact) mass is 305 g/mol. The molecule has 0 saturated carbocycles. The second-order valence-electron chi connectivity index (χ2n) is 4.29. The van der Waals surface area contributed by atoms with Crippen molar-refractivity contribution in [3.8, 4) is 5.75 Å². The Morgan fingerprint density at radius 1 is 1.14 bits per heavy atom. The highest BCUT2D eigenvalue weighted by molar-refractivity contribution is 7.91. The molecule has 0 aliphatic heterocycles. The van der Waals surface area contributed by atoms with E-state index in [1.807, 2.05) is 30.3 Å². The molecule has 2 aromatic rings. The standard InChI is InChI=1S/C14H15N3O3S/c1-20-13-7-4-11(5-8-13)3-6-12-9-10-15-14(16-12)17-21(2,18)19/h3-10H,1-2H3,(H,15,16,17)/b6-3+. The quantitative estimate of drug-likeness (QED) is 0.914. The van der Waals surface area contributed by atoms with Crippen molar-refractivity contribution in [2.24, 2.45) is 0 Å². The number of nitrogens with zero attached hydrogens (tertiary/aromatic N) is 2. The van der Waals surface area contributed by atoms with Crippen LogP contribution >= 0.6 is 0 Å². The van der Waals surface area contributed by atoms with E-state index >= 15 is 0 Å². The minimum absolute atomic E-state index is 0.0504. The Morgan fingerprint density at radius 2 is 1.86 bits per heavy atom. The van der Waals surface area contributed by atoms with Crippen molar-refractivity contribution >= 4 is 28.1 Å². The van der Waals surface area contributed by atoms with E-state index < -0.39 is 10.0 Å². The molecular weight excluding hydrogens is 290 g/mol. The summed E-state index contributed by atoms with van der Waals surface area (Å²) in [6, 6.07) is 9.22. The van der Waals surface area contributed by atoms with E-state index in [2.05, 4.69) is 14.7 Å². The van der Waals surface area contributed by atoms with Gasteiger partial charge in [-0.25, -0.2) is 18.4 Å². The Balaban J connectivity index is 2.14. The third-order valence-electron chi connectivity index (χ3n) is 2.52. The second kappa shape index (κ2) is 6.36. The van der Waals surface area contributed by atoms with Crippen molar-refractivity contribution in [3.05, 3.63) is 47.8 Å². The van der Waals surface area contributed by atoms with E-state index in [0.29, 0.717) is 5.69 Å². The first kappa shape index (κ1) is 15.0. The van der Waals surface area contributed by atoms with Gasteiger partial charge in [0.25, 0.3) is 0 Å². The number of anilines is 1. The third kappa shape index (κ3) is 4.88. The van der Waals surface area contributed by atoms with Crippen molar-refractivity contribution in [1.29, 1.82) is 0 Å². The molecule has 0 atom stereocenters. The molecule has 0 amide bonds. The highest BCUT2D eigenvalue weighted by atomic mass is 32.2. The van der Waals surface area contributed by atoms with Crippen LogP contribution in [0.25, 0.3) is 12.2 Å². The fourth-order valence-electron chi connectivity index (χ4n) is 1.58. The summed E-state index contributed by atoms with van der Waals surface area (Å²) in [7, 11) is -1.77. The van der Waals surface area contributed by atoms with Crippen molar-refractivity contribution in [2.45, 2.75) is 0 Å². The van der Waals surface area contributed by atoms with Crippen LogP contribution in [-0.4, -0.2) is 31.8 Å². The molecule has 0 bridgehead atoms. The lowest BCUT2D eigenvalue weighted by atomic mass is 10.2.